The number of anilines is 1. The lowest BCUT2D eigenvalue weighted by Crippen LogP contribution is -2.23. The van der Waals surface area contributed by atoms with E-state index in [9.17, 15) is 4.79 Å². The van der Waals surface area contributed by atoms with E-state index < -0.39 is 0 Å². The second-order valence-electron chi connectivity index (χ2n) is 4.77. The summed E-state index contributed by atoms with van der Waals surface area (Å²) >= 11 is 0. The van der Waals surface area contributed by atoms with E-state index in [-0.39, 0.29) is 11.8 Å². The first kappa shape index (κ1) is 14.4. The molecule has 1 aliphatic rings. The zero-order valence-corrected chi connectivity index (χ0v) is 12.0. The fourth-order valence-corrected chi connectivity index (χ4v) is 2.30. The first-order valence-corrected chi connectivity index (χ1v) is 7.01. The SMILES string of the molecule is CCOc1ccc(NC(=O)[C@H]2CC=CCC2)cc1OC. The highest BCUT2D eigenvalue weighted by Crippen LogP contribution is 2.30. The Kier molecular flexibility index (Phi) is 5.04. The number of rotatable bonds is 5. The molecule has 0 radical (unpaired) electrons. The van der Waals surface area contributed by atoms with Crippen LogP contribution in [0, 0.1) is 5.92 Å². The number of hydrogen-bond acceptors (Lipinski definition) is 3. The van der Waals surface area contributed by atoms with Gasteiger partial charge in [-0.25, -0.2) is 0 Å². The van der Waals surface area contributed by atoms with E-state index in [1.165, 1.54) is 0 Å². The second-order valence-corrected chi connectivity index (χ2v) is 4.77. The summed E-state index contributed by atoms with van der Waals surface area (Å²) in [6.07, 6.45) is 6.91. The molecule has 4 nitrogen and oxygen atoms in total. The molecule has 0 unspecified atom stereocenters. The molecule has 0 spiro atoms. The fourth-order valence-electron chi connectivity index (χ4n) is 2.30. The Morgan fingerprint density at radius 2 is 2.20 bits per heavy atom. The number of amides is 1. The third-order valence-electron chi connectivity index (χ3n) is 3.37. The standard InChI is InChI=1S/C16H21NO3/c1-3-20-14-10-9-13(11-15(14)19-2)17-16(18)12-7-5-4-6-8-12/h4-5,9-12H,3,6-8H2,1-2H3,(H,17,18)/t12-/m0/s1. The summed E-state index contributed by atoms with van der Waals surface area (Å²) in [7, 11) is 1.59. The van der Waals surface area contributed by atoms with Crippen LogP contribution in [0.2, 0.25) is 0 Å². The molecule has 1 amide bonds. The molecule has 0 aromatic heterocycles. The van der Waals surface area contributed by atoms with E-state index in [0.717, 1.165) is 24.9 Å². The monoisotopic (exact) mass is 275 g/mol. The second kappa shape index (κ2) is 6.98. The van der Waals surface area contributed by atoms with Gasteiger partial charge in [-0.3, -0.25) is 4.79 Å². The van der Waals surface area contributed by atoms with Crippen LogP contribution in [0.1, 0.15) is 26.2 Å². The molecule has 1 atom stereocenters. The molecule has 0 saturated heterocycles. The normalized spacial score (nSPS) is 17.6. The van der Waals surface area contributed by atoms with Crippen molar-refractivity contribution >= 4 is 11.6 Å². The van der Waals surface area contributed by atoms with Gasteiger partial charge in [0, 0.05) is 17.7 Å². The number of carbonyl (C=O) groups is 1. The number of methoxy groups -OCH3 is 1. The van der Waals surface area contributed by atoms with Gasteiger partial charge in [0.25, 0.3) is 0 Å². The maximum Gasteiger partial charge on any atom is 0.227 e. The minimum atomic E-state index is 0.0672. The van der Waals surface area contributed by atoms with Gasteiger partial charge in [-0.15, -0.1) is 0 Å². The van der Waals surface area contributed by atoms with Crippen molar-refractivity contribution in [2.45, 2.75) is 26.2 Å². The van der Waals surface area contributed by atoms with E-state index in [4.69, 9.17) is 9.47 Å². The first-order chi connectivity index (χ1) is 9.74. The average molecular weight is 275 g/mol. The molecule has 0 saturated carbocycles. The van der Waals surface area contributed by atoms with Crippen molar-refractivity contribution in [1.29, 1.82) is 0 Å². The van der Waals surface area contributed by atoms with Gasteiger partial charge in [0.05, 0.1) is 13.7 Å². The van der Waals surface area contributed by atoms with Crippen LogP contribution in [0.25, 0.3) is 0 Å². The van der Waals surface area contributed by atoms with Crippen LogP contribution in [0.4, 0.5) is 5.69 Å². The van der Waals surface area contributed by atoms with Gasteiger partial charge in [0.2, 0.25) is 5.91 Å². The van der Waals surface area contributed by atoms with Gasteiger partial charge in [-0.1, -0.05) is 12.2 Å². The maximum atomic E-state index is 12.2. The third kappa shape index (κ3) is 3.53. The predicted octanol–water partition coefficient (Wildman–Crippen LogP) is 3.39. The van der Waals surface area contributed by atoms with Crippen molar-refractivity contribution in [3.63, 3.8) is 0 Å². The summed E-state index contributed by atoms with van der Waals surface area (Å²) in [5, 5.41) is 2.95. The zero-order chi connectivity index (χ0) is 14.4. The van der Waals surface area contributed by atoms with Gasteiger partial charge in [-0.2, -0.15) is 0 Å². The molecule has 1 N–H and O–H groups in total. The lowest BCUT2D eigenvalue weighted by atomic mass is 9.93. The number of carbonyl (C=O) groups excluding carboxylic acids is 1. The van der Waals surface area contributed by atoms with Crippen LogP contribution in [-0.2, 0) is 4.79 Å². The Morgan fingerprint density at radius 1 is 1.35 bits per heavy atom. The van der Waals surface area contributed by atoms with Crippen molar-refractivity contribution in [2.75, 3.05) is 19.0 Å². The van der Waals surface area contributed by atoms with Crippen molar-refractivity contribution in [3.05, 3.63) is 30.4 Å². The molecule has 0 fully saturated rings. The summed E-state index contributed by atoms with van der Waals surface area (Å²) in [5.41, 5.74) is 0.741. The third-order valence-corrected chi connectivity index (χ3v) is 3.37. The summed E-state index contributed by atoms with van der Waals surface area (Å²) < 4.78 is 10.7. The van der Waals surface area contributed by atoms with E-state index >= 15 is 0 Å². The maximum absolute atomic E-state index is 12.2. The van der Waals surface area contributed by atoms with Crippen molar-refractivity contribution in [1.82, 2.24) is 0 Å². The molecular formula is C16H21NO3. The molecule has 1 aromatic carbocycles. The van der Waals surface area contributed by atoms with Crippen LogP contribution < -0.4 is 14.8 Å². The predicted molar refractivity (Wildman–Crippen MR) is 79.3 cm³/mol. The van der Waals surface area contributed by atoms with Gasteiger partial charge in [0.1, 0.15) is 0 Å². The summed E-state index contributed by atoms with van der Waals surface area (Å²) in [5.74, 6) is 1.46. The zero-order valence-electron chi connectivity index (χ0n) is 12.0. The number of hydrogen-bond donors (Lipinski definition) is 1. The number of nitrogens with one attached hydrogen (secondary N) is 1. The minimum absolute atomic E-state index is 0.0672. The van der Waals surface area contributed by atoms with Crippen LogP contribution in [-0.4, -0.2) is 19.6 Å². The number of ether oxygens (including phenoxy) is 2. The Morgan fingerprint density at radius 3 is 2.85 bits per heavy atom. The topological polar surface area (TPSA) is 47.6 Å². The Hall–Kier alpha value is -1.97. The summed E-state index contributed by atoms with van der Waals surface area (Å²) in [6, 6.07) is 5.45. The van der Waals surface area contributed by atoms with Gasteiger partial charge >= 0.3 is 0 Å². The molecule has 0 heterocycles. The number of benzene rings is 1. The highest BCUT2D eigenvalue weighted by molar-refractivity contribution is 5.93. The molecule has 108 valence electrons. The van der Waals surface area contributed by atoms with Crippen molar-refractivity contribution < 1.29 is 14.3 Å². The average Bonchev–Trinajstić information content (AvgIpc) is 2.50. The van der Waals surface area contributed by atoms with Gasteiger partial charge in [0.15, 0.2) is 11.5 Å². The van der Waals surface area contributed by atoms with Crippen LogP contribution in [0.5, 0.6) is 11.5 Å². The van der Waals surface area contributed by atoms with Crippen LogP contribution >= 0.6 is 0 Å². The number of allylic oxidation sites excluding steroid dienone is 2. The highest BCUT2D eigenvalue weighted by atomic mass is 16.5. The van der Waals surface area contributed by atoms with Gasteiger partial charge < -0.3 is 14.8 Å². The Balaban J connectivity index is 2.05. The fraction of sp³-hybridized carbons (Fsp3) is 0.438. The molecule has 1 aliphatic carbocycles. The van der Waals surface area contributed by atoms with E-state index in [2.05, 4.69) is 17.5 Å². The largest absolute Gasteiger partial charge is 0.493 e. The summed E-state index contributed by atoms with van der Waals surface area (Å²) in [4.78, 5) is 12.2. The smallest absolute Gasteiger partial charge is 0.227 e. The first-order valence-electron chi connectivity index (χ1n) is 7.01. The van der Waals surface area contributed by atoms with Gasteiger partial charge in [-0.05, 0) is 38.3 Å². The molecule has 20 heavy (non-hydrogen) atoms. The van der Waals surface area contributed by atoms with Crippen LogP contribution in [0.15, 0.2) is 30.4 Å². The minimum Gasteiger partial charge on any atom is -0.493 e. The quantitative estimate of drug-likeness (QED) is 0.838. The van der Waals surface area contributed by atoms with E-state index in [0.29, 0.717) is 18.1 Å². The molecule has 4 heteroatoms. The lowest BCUT2D eigenvalue weighted by Gasteiger charge is -2.18. The Labute approximate surface area is 119 Å². The summed E-state index contributed by atoms with van der Waals surface area (Å²) in [6.45, 7) is 2.50. The van der Waals surface area contributed by atoms with Crippen LogP contribution in [0.3, 0.4) is 0 Å². The highest BCUT2D eigenvalue weighted by Gasteiger charge is 2.19. The van der Waals surface area contributed by atoms with Crippen molar-refractivity contribution in [3.8, 4) is 11.5 Å². The Bertz CT molecular complexity index is 496. The molecule has 2 rings (SSSR count). The molecule has 0 aliphatic heterocycles. The lowest BCUT2D eigenvalue weighted by molar-refractivity contribution is -0.120. The molecule has 0 bridgehead atoms. The molecular weight excluding hydrogens is 254 g/mol. The van der Waals surface area contributed by atoms with E-state index in [1.807, 2.05) is 19.1 Å². The van der Waals surface area contributed by atoms with E-state index in [1.54, 1.807) is 13.2 Å². The van der Waals surface area contributed by atoms with Crippen molar-refractivity contribution in [2.24, 2.45) is 5.92 Å². The molecule has 1 aromatic rings.